The molecule has 6 nitrogen and oxygen atoms in total. The van der Waals surface area contributed by atoms with Crippen molar-refractivity contribution in [1.29, 1.82) is 5.26 Å². The second-order valence-electron chi connectivity index (χ2n) is 6.89. The Morgan fingerprint density at radius 3 is 2.64 bits per heavy atom. The molecule has 0 spiro atoms. The van der Waals surface area contributed by atoms with Gasteiger partial charge in [0, 0.05) is 5.56 Å². The van der Waals surface area contributed by atoms with Gasteiger partial charge >= 0.3 is 0 Å². The SMILES string of the molecule is CSc1nc(-c2ccc(OCCCCN3CCCCC3)cc2)c(C#N)c(=O)[nH]1. The number of likely N-dealkylation sites (tertiary alicyclic amines) is 1. The van der Waals surface area contributed by atoms with Gasteiger partial charge < -0.3 is 14.6 Å². The average Bonchev–Trinajstić information content (AvgIpc) is 2.74. The van der Waals surface area contributed by atoms with Gasteiger partial charge in [-0.05, 0) is 75.8 Å². The van der Waals surface area contributed by atoms with Crippen molar-refractivity contribution in [3.8, 4) is 23.1 Å². The van der Waals surface area contributed by atoms with Crippen LogP contribution in [0.25, 0.3) is 11.3 Å². The molecule has 28 heavy (non-hydrogen) atoms. The van der Waals surface area contributed by atoms with Crippen LogP contribution < -0.4 is 10.3 Å². The number of hydrogen-bond donors (Lipinski definition) is 1. The second kappa shape index (κ2) is 10.3. The minimum absolute atomic E-state index is 0.0316. The first-order valence-electron chi connectivity index (χ1n) is 9.75. The third-order valence-corrected chi connectivity index (χ3v) is 5.50. The maximum Gasteiger partial charge on any atom is 0.270 e. The maximum atomic E-state index is 12.0. The van der Waals surface area contributed by atoms with Gasteiger partial charge in [-0.1, -0.05) is 18.2 Å². The average molecular weight is 399 g/mol. The molecule has 1 aliphatic rings. The number of ether oxygens (including phenoxy) is 1. The molecule has 1 fully saturated rings. The molecule has 0 bridgehead atoms. The topological polar surface area (TPSA) is 82.0 Å². The van der Waals surface area contributed by atoms with Crippen LogP contribution in [0.5, 0.6) is 5.75 Å². The highest BCUT2D eigenvalue weighted by Crippen LogP contribution is 2.24. The molecular formula is C21H26N4O2S. The molecule has 3 rings (SSSR count). The van der Waals surface area contributed by atoms with Crippen molar-refractivity contribution >= 4 is 11.8 Å². The molecule has 1 aromatic carbocycles. The van der Waals surface area contributed by atoms with Gasteiger partial charge in [-0.2, -0.15) is 5.26 Å². The van der Waals surface area contributed by atoms with E-state index in [1.54, 1.807) is 0 Å². The highest BCUT2D eigenvalue weighted by Gasteiger charge is 2.13. The quantitative estimate of drug-likeness (QED) is 0.415. The number of piperidine rings is 1. The highest BCUT2D eigenvalue weighted by molar-refractivity contribution is 7.98. The lowest BCUT2D eigenvalue weighted by Crippen LogP contribution is -2.30. The minimum atomic E-state index is -0.411. The van der Waals surface area contributed by atoms with E-state index in [4.69, 9.17) is 4.74 Å². The number of aromatic nitrogens is 2. The number of benzene rings is 1. The largest absolute Gasteiger partial charge is 0.494 e. The van der Waals surface area contributed by atoms with E-state index < -0.39 is 5.56 Å². The van der Waals surface area contributed by atoms with Crippen molar-refractivity contribution < 1.29 is 4.74 Å². The van der Waals surface area contributed by atoms with Crippen molar-refractivity contribution in [2.45, 2.75) is 37.3 Å². The monoisotopic (exact) mass is 398 g/mol. The first-order chi connectivity index (χ1) is 13.7. The Kier molecular flexibility index (Phi) is 7.52. The maximum absolute atomic E-state index is 12.0. The van der Waals surface area contributed by atoms with E-state index in [1.165, 1.54) is 44.1 Å². The first-order valence-corrected chi connectivity index (χ1v) is 11.0. The van der Waals surface area contributed by atoms with Gasteiger partial charge in [0.05, 0.1) is 12.3 Å². The molecule has 1 saturated heterocycles. The van der Waals surface area contributed by atoms with Crippen LogP contribution in [0.4, 0.5) is 0 Å². The van der Waals surface area contributed by atoms with E-state index in [0.29, 0.717) is 17.5 Å². The van der Waals surface area contributed by atoms with Gasteiger partial charge in [0.25, 0.3) is 5.56 Å². The fourth-order valence-electron chi connectivity index (χ4n) is 3.38. The molecule has 0 saturated carbocycles. The lowest BCUT2D eigenvalue weighted by molar-refractivity contribution is 0.216. The van der Waals surface area contributed by atoms with Gasteiger partial charge in [-0.3, -0.25) is 4.79 Å². The molecule has 2 aromatic rings. The van der Waals surface area contributed by atoms with Crippen LogP contribution in [0.3, 0.4) is 0 Å². The predicted octanol–water partition coefficient (Wildman–Crippen LogP) is 3.68. The Labute approximate surface area is 169 Å². The lowest BCUT2D eigenvalue weighted by atomic mass is 10.1. The predicted molar refractivity (Wildman–Crippen MR) is 112 cm³/mol. The second-order valence-corrected chi connectivity index (χ2v) is 7.69. The summed E-state index contributed by atoms with van der Waals surface area (Å²) in [5.41, 5.74) is 0.758. The minimum Gasteiger partial charge on any atom is -0.494 e. The van der Waals surface area contributed by atoms with Crippen LogP contribution in [0.15, 0.2) is 34.2 Å². The Bertz CT molecular complexity index is 867. The molecule has 1 aliphatic heterocycles. The zero-order valence-electron chi connectivity index (χ0n) is 16.2. The summed E-state index contributed by atoms with van der Waals surface area (Å²) in [4.78, 5) is 21.6. The summed E-state index contributed by atoms with van der Waals surface area (Å²) >= 11 is 1.34. The lowest BCUT2D eigenvalue weighted by Gasteiger charge is -2.26. The Balaban J connectivity index is 1.54. The summed E-state index contributed by atoms with van der Waals surface area (Å²) < 4.78 is 5.84. The molecule has 0 radical (unpaired) electrons. The third kappa shape index (κ3) is 5.37. The number of H-pyrrole nitrogens is 1. The van der Waals surface area contributed by atoms with Crippen LogP contribution in [0.1, 0.15) is 37.7 Å². The van der Waals surface area contributed by atoms with E-state index in [2.05, 4.69) is 14.9 Å². The number of unbranched alkanes of at least 4 members (excludes halogenated alkanes) is 1. The smallest absolute Gasteiger partial charge is 0.270 e. The summed E-state index contributed by atoms with van der Waals surface area (Å²) in [6.07, 6.45) is 8.04. The standard InChI is InChI=1S/C21H26N4O2S/c1-28-21-23-19(18(15-22)20(26)24-21)16-7-9-17(10-8-16)27-14-6-5-13-25-11-3-2-4-12-25/h7-10H,2-6,11-14H2,1H3,(H,23,24,26). The van der Waals surface area contributed by atoms with Crippen molar-refractivity contribution in [2.24, 2.45) is 0 Å². The summed E-state index contributed by atoms with van der Waals surface area (Å²) in [5, 5.41) is 9.79. The Hall–Kier alpha value is -2.30. The molecule has 7 heteroatoms. The number of hydrogen-bond acceptors (Lipinski definition) is 6. The number of nitrogens with zero attached hydrogens (tertiary/aromatic N) is 3. The molecule has 2 heterocycles. The number of rotatable bonds is 8. The number of nitriles is 1. The van der Waals surface area contributed by atoms with Gasteiger partial charge in [-0.15, -0.1) is 0 Å². The number of aromatic amines is 1. The highest BCUT2D eigenvalue weighted by atomic mass is 32.2. The molecule has 0 atom stereocenters. The van der Waals surface area contributed by atoms with E-state index in [1.807, 2.05) is 36.6 Å². The van der Waals surface area contributed by atoms with Crippen molar-refractivity contribution in [1.82, 2.24) is 14.9 Å². The zero-order valence-corrected chi connectivity index (χ0v) is 17.1. The molecule has 0 aliphatic carbocycles. The Morgan fingerprint density at radius 2 is 1.96 bits per heavy atom. The third-order valence-electron chi connectivity index (χ3n) is 4.92. The van der Waals surface area contributed by atoms with Gasteiger partial charge in [-0.25, -0.2) is 4.98 Å². The van der Waals surface area contributed by atoms with Crippen LogP contribution in [-0.4, -0.2) is 47.4 Å². The summed E-state index contributed by atoms with van der Waals surface area (Å²) in [6, 6.07) is 9.37. The van der Waals surface area contributed by atoms with E-state index in [-0.39, 0.29) is 5.56 Å². The van der Waals surface area contributed by atoms with E-state index in [9.17, 15) is 10.1 Å². The number of thioether (sulfide) groups is 1. The van der Waals surface area contributed by atoms with Gasteiger partial charge in [0.2, 0.25) is 0 Å². The van der Waals surface area contributed by atoms with Crippen LogP contribution in [0.2, 0.25) is 0 Å². The Morgan fingerprint density at radius 1 is 1.21 bits per heavy atom. The zero-order chi connectivity index (χ0) is 19.8. The molecule has 0 unspecified atom stereocenters. The molecule has 148 valence electrons. The normalized spacial score (nSPS) is 14.6. The molecular weight excluding hydrogens is 372 g/mol. The van der Waals surface area contributed by atoms with Crippen LogP contribution >= 0.6 is 11.8 Å². The van der Waals surface area contributed by atoms with Crippen molar-refractivity contribution in [2.75, 3.05) is 32.5 Å². The fourth-order valence-corrected chi connectivity index (χ4v) is 3.76. The van der Waals surface area contributed by atoms with E-state index in [0.717, 1.165) is 30.7 Å². The molecule has 0 amide bonds. The molecule has 1 aromatic heterocycles. The molecule has 1 N–H and O–H groups in total. The van der Waals surface area contributed by atoms with Gasteiger partial charge in [0.1, 0.15) is 17.4 Å². The number of nitrogens with one attached hydrogen (secondary N) is 1. The van der Waals surface area contributed by atoms with Crippen molar-refractivity contribution in [3.63, 3.8) is 0 Å². The first kappa shape index (κ1) is 20.4. The summed E-state index contributed by atoms with van der Waals surface area (Å²) in [5.74, 6) is 0.787. The summed E-state index contributed by atoms with van der Waals surface area (Å²) in [6.45, 7) is 4.32. The van der Waals surface area contributed by atoms with E-state index >= 15 is 0 Å². The van der Waals surface area contributed by atoms with Crippen LogP contribution in [-0.2, 0) is 0 Å². The summed E-state index contributed by atoms with van der Waals surface area (Å²) in [7, 11) is 0. The van der Waals surface area contributed by atoms with Crippen LogP contribution in [0, 0.1) is 11.3 Å². The van der Waals surface area contributed by atoms with Gasteiger partial charge in [0.15, 0.2) is 5.16 Å². The fraction of sp³-hybridized carbons (Fsp3) is 0.476. The van der Waals surface area contributed by atoms with Crippen molar-refractivity contribution in [3.05, 3.63) is 40.2 Å².